The molecule has 2 N–H and O–H groups in total. The van der Waals surface area contributed by atoms with E-state index in [1.165, 1.54) is 24.3 Å². The van der Waals surface area contributed by atoms with Crippen molar-refractivity contribution in [2.75, 3.05) is 26.2 Å². The summed E-state index contributed by atoms with van der Waals surface area (Å²) in [5.74, 6) is 0.227. The summed E-state index contributed by atoms with van der Waals surface area (Å²) in [6, 6.07) is 12.6. The molecule has 0 aliphatic heterocycles. The second kappa shape index (κ2) is 9.77. The Morgan fingerprint density at radius 1 is 1.15 bits per heavy atom. The van der Waals surface area contributed by atoms with Crippen LogP contribution < -0.4 is 20.2 Å². The lowest BCUT2D eigenvalue weighted by atomic mass is 10.1. The first kappa shape index (κ1) is 19.7. The Labute approximate surface area is 156 Å². The minimum Gasteiger partial charge on any atom is -0.493 e. The van der Waals surface area contributed by atoms with Gasteiger partial charge in [0.15, 0.2) is 11.5 Å². The first-order chi connectivity index (χ1) is 13.1. The number of halogens is 1. The van der Waals surface area contributed by atoms with E-state index in [1.54, 1.807) is 26.4 Å². The van der Waals surface area contributed by atoms with Crippen LogP contribution in [-0.4, -0.2) is 32.4 Å². The molecule has 8 heteroatoms. The zero-order valence-corrected chi connectivity index (χ0v) is 15.0. The van der Waals surface area contributed by atoms with Crippen LogP contribution in [0.25, 0.3) is 0 Å². The summed E-state index contributed by atoms with van der Waals surface area (Å²) >= 11 is 0. The van der Waals surface area contributed by atoms with Gasteiger partial charge in [0.05, 0.1) is 19.9 Å². The highest BCUT2D eigenvalue weighted by molar-refractivity contribution is 6.45. The van der Waals surface area contributed by atoms with Crippen LogP contribution in [0.3, 0.4) is 0 Å². The van der Waals surface area contributed by atoms with Gasteiger partial charge in [0.25, 0.3) is 5.91 Å². The lowest BCUT2D eigenvalue weighted by Crippen LogP contribution is -2.32. The van der Waals surface area contributed by atoms with Gasteiger partial charge in [0.1, 0.15) is 11.9 Å². The van der Waals surface area contributed by atoms with E-state index < -0.39 is 11.7 Å². The first-order valence-electron chi connectivity index (χ1n) is 8.06. The summed E-state index contributed by atoms with van der Waals surface area (Å²) in [4.78, 5) is 12.1. The molecule has 0 saturated heterocycles. The van der Waals surface area contributed by atoms with E-state index in [1.807, 2.05) is 12.1 Å². The fraction of sp³-hybridized carbons (Fsp3) is 0.211. The van der Waals surface area contributed by atoms with Crippen LogP contribution in [0, 0.1) is 17.1 Å². The standard InChI is InChI=1S/C19H19FN4O3/c1-26-17-8-3-13(11-18(17)27-2)9-10-22-19(25)16(12-21)24-23-15-6-4-14(20)5-7-15/h3-8,11,23H,9-10H2,1-2H3,(H,22,25). The van der Waals surface area contributed by atoms with E-state index in [9.17, 15) is 9.18 Å². The van der Waals surface area contributed by atoms with Gasteiger partial charge in [-0.2, -0.15) is 10.4 Å². The topological polar surface area (TPSA) is 95.7 Å². The van der Waals surface area contributed by atoms with Crippen molar-refractivity contribution in [2.24, 2.45) is 5.10 Å². The molecule has 0 fully saturated rings. The average Bonchev–Trinajstić information content (AvgIpc) is 2.69. The monoisotopic (exact) mass is 370 g/mol. The third-order valence-electron chi connectivity index (χ3n) is 3.61. The molecular weight excluding hydrogens is 351 g/mol. The Hall–Kier alpha value is -3.60. The Kier molecular flexibility index (Phi) is 7.14. The second-order valence-corrected chi connectivity index (χ2v) is 5.39. The van der Waals surface area contributed by atoms with Crippen molar-refractivity contribution in [3.05, 3.63) is 53.8 Å². The summed E-state index contributed by atoms with van der Waals surface area (Å²) in [6.07, 6.45) is 0.538. The molecule has 1 amide bonds. The molecule has 0 aliphatic carbocycles. The molecule has 0 spiro atoms. The molecule has 27 heavy (non-hydrogen) atoms. The van der Waals surface area contributed by atoms with Crippen molar-refractivity contribution in [1.29, 1.82) is 5.26 Å². The molecule has 2 aromatic rings. The van der Waals surface area contributed by atoms with Crippen molar-refractivity contribution >= 4 is 17.3 Å². The molecule has 0 unspecified atom stereocenters. The normalized spacial score (nSPS) is 10.7. The van der Waals surface area contributed by atoms with Crippen LogP contribution in [0.5, 0.6) is 11.5 Å². The fourth-order valence-corrected chi connectivity index (χ4v) is 2.21. The van der Waals surface area contributed by atoms with Crippen LogP contribution in [-0.2, 0) is 11.2 Å². The van der Waals surface area contributed by atoms with E-state index in [0.717, 1.165) is 5.56 Å². The molecule has 2 rings (SSSR count). The van der Waals surface area contributed by atoms with Gasteiger partial charge in [0.2, 0.25) is 5.71 Å². The maximum absolute atomic E-state index is 12.9. The highest BCUT2D eigenvalue weighted by Gasteiger charge is 2.11. The lowest BCUT2D eigenvalue weighted by Gasteiger charge is -2.10. The quantitative estimate of drug-likeness (QED) is 0.550. The Morgan fingerprint density at radius 3 is 2.48 bits per heavy atom. The molecule has 0 atom stereocenters. The molecule has 0 saturated carbocycles. The third-order valence-corrected chi connectivity index (χ3v) is 3.61. The maximum Gasteiger partial charge on any atom is 0.282 e. The van der Waals surface area contributed by atoms with Gasteiger partial charge < -0.3 is 14.8 Å². The van der Waals surface area contributed by atoms with Crippen molar-refractivity contribution in [1.82, 2.24) is 5.32 Å². The number of rotatable bonds is 8. The number of carbonyl (C=O) groups excluding carboxylic acids is 1. The number of anilines is 1. The predicted molar refractivity (Wildman–Crippen MR) is 99.3 cm³/mol. The Morgan fingerprint density at radius 2 is 1.85 bits per heavy atom. The Balaban J connectivity index is 1.90. The second-order valence-electron chi connectivity index (χ2n) is 5.39. The highest BCUT2D eigenvalue weighted by Crippen LogP contribution is 2.27. The van der Waals surface area contributed by atoms with E-state index in [-0.39, 0.29) is 5.71 Å². The average molecular weight is 370 g/mol. The van der Waals surface area contributed by atoms with Crippen LogP contribution in [0.1, 0.15) is 5.56 Å². The smallest absolute Gasteiger partial charge is 0.282 e. The van der Waals surface area contributed by atoms with Gasteiger partial charge in [-0.3, -0.25) is 10.2 Å². The van der Waals surface area contributed by atoms with Crippen molar-refractivity contribution < 1.29 is 18.7 Å². The number of ether oxygens (including phenoxy) is 2. The van der Waals surface area contributed by atoms with Crippen LogP contribution in [0.2, 0.25) is 0 Å². The van der Waals surface area contributed by atoms with E-state index in [2.05, 4.69) is 15.8 Å². The van der Waals surface area contributed by atoms with Gasteiger partial charge in [-0.15, -0.1) is 0 Å². The zero-order valence-electron chi connectivity index (χ0n) is 15.0. The van der Waals surface area contributed by atoms with Crippen molar-refractivity contribution in [3.8, 4) is 17.6 Å². The number of hydrazone groups is 1. The molecule has 0 radical (unpaired) electrons. The predicted octanol–water partition coefficient (Wildman–Crippen LogP) is 2.49. The zero-order chi connectivity index (χ0) is 19.6. The van der Waals surface area contributed by atoms with E-state index >= 15 is 0 Å². The molecule has 0 aliphatic rings. The van der Waals surface area contributed by atoms with E-state index in [0.29, 0.717) is 30.2 Å². The first-order valence-corrected chi connectivity index (χ1v) is 8.06. The van der Waals surface area contributed by atoms with Gasteiger partial charge in [0, 0.05) is 6.54 Å². The number of nitrogens with zero attached hydrogens (tertiary/aromatic N) is 2. The van der Waals surface area contributed by atoms with E-state index in [4.69, 9.17) is 14.7 Å². The molecule has 2 aromatic carbocycles. The van der Waals surface area contributed by atoms with Gasteiger partial charge >= 0.3 is 0 Å². The minimum atomic E-state index is -0.604. The van der Waals surface area contributed by atoms with Gasteiger partial charge in [-0.05, 0) is 48.4 Å². The number of nitriles is 1. The van der Waals surface area contributed by atoms with Crippen molar-refractivity contribution in [3.63, 3.8) is 0 Å². The summed E-state index contributed by atoms with van der Waals surface area (Å²) < 4.78 is 23.3. The number of hydrogen-bond acceptors (Lipinski definition) is 6. The molecule has 0 heterocycles. The molecule has 140 valence electrons. The lowest BCUT2D eigenvalue weighted by molar-refractivity contribution is -0.114. The number of methoxy groups -OCH3 is 2. The van der Waals surface area contributed by atoms with Crippen LogP contribution in [0.4, 0.5) is 10.1 Å². The SMILES string of the molecule is COc1ccc(CCNC(=O)C(C#N)=NNc2ccc(F)cc2)cc1OC. The largest absolute Gasteiger partial charge is 0.493 e. The van der Waals surface area contributed by atoms with Gasteiger partial charge in [-0.25, -0.2) is 4.39 Å². The highest BCUT2D eigenvalue weighted by atomic mass is 19.1. The number of hydrogen-bond donors (Lipinski definition) is 2. The maximum atomic E-state index is 12.9. The fourth-order valence-electron chi connectivity index (χ4n) is 2.21. The Bertz CT molecular complexity index is 860. The molecular formula is C19H19FN4O3. The van der Waals surface area contributed by atoms with Crippen LogP contribution in [0.15, 0.2) is 47.6 Å². The number of nitrogens with one attached hydrogen (secondary N) is 2. The summed E-state index contributed by atoms with van der Waals surface area (Å²) in [7, 11) is 3.10. The summed E-state index contributed by atoms with van der Waals surface area (Å²) in [6.45, 7) is 0.311. The molecule has 0 bridgehead atoms. The molecule has 7 nitrogen and oxygen atoms in total. The van der Waals surface area contributed by atoms with Crippen molar-refractivity contribution in [2.45, 2.75) is 6.42 Å². The van der Waals surface area contributed by atoms with Crippen LogP contribution >= 0.6 is 0 Å². The third kappa shape index (κ3) is 5.71. The summed E-state index contributed by atoms with van der Waals surface area (Å²) in [5, 5.41) is 15.5. The van der Waals surface area contributed by atoms with Gasteiger partial charge in [-0.1, -0.05) is 6.07 Å². The minimum absolute atomic E-state index is 0.311. The molecule has 0 aromatic heterocycles. The number of carbonyl (C=O) groups is 1. The number of benzene rings is 2. The summed E-state index contributed by atoms with van der Waals surface area (Å²) in [5.41, 5.74) is 3.62. The number of amides is 1.